The van der Waals surface area contributed by atoms with Gasteiger partial charge in [-0.2, -0.15) is 0 Å². The SMILES string of the molecule is C.CC(C)(O)COC[C@H]1CC[C@H]2[C@@H]3CC=C4C[C@@](C)(O)CC[C@]4(C)[C@H]3CC[C@]12C.CC1(C)CO1.C[C@]1(O)CC[C@@]2(C)C(=CC[C@H]3[C@@H]4CC[C@H](CO)[C@@]4(C)CC[C@@H]32)C1. The summed E-state index contributed by atoms with van der Waals surface area (Å²) in [6, 6.07) is 0. The predicted octanol–water partition coefficient (Wildman–Crippen LogP) is 10.8. The van der Waals surface area contributed by atoms with E-state index in [1.54, 1.807) is 11.1 Å². The largest absolute Gasteiger partial charge is 0.396 e. The van der Waals surface area contributed by atoms with Crippen molar-refractivity contribution in [3.05, 3.63) is 23.3 Å². The van der Waals surface area contributed by atoms with Gasteiger partial charge in [0.1, 0.15) is 0 Å². The van der Waals surface area contributed by atoms with E-state index in [1.165, 1.54) is 64.2 Å². The zero-order valence-corrected chi connectivity index (χ0v) is 37.5. The van der Waals surface area contributed by atoms with Gasteiger partial charge in [-0.05, 0) is 213 Å². The van der Waals surface area contributed by atoms with Crippen LogP contribution in [0.1, 0.15) is 179 Å². The molecule has 6 saturated carbocycles. The van der Waals surface area contributed by atoms with E-state index >= 15 is 0 Å². The Morgan fingerprint density at radius 1 is 0.649 bits per heavy atom. The number of aliphatic hydroxyl groups is 4. The first-order valence-electron chi connectivity index (χ1n) is 23.3. The van der Waals surface area contributed by atoms with Gasteiger partial charge in [0.25, 0.3) is 0 Å². The van der Waals surface area contributed by atoms with Gasteiger partial charge in [-0.3, -0.25) is 0 Å². The number of aliphatic hydroxyl groups excluding tert-OH is 1. The summed E-state index contributed by atoms with van der Waals surface area (Å²) < 4.78 is 10.9. The molecule has 328 valence electrons. The summed E-state index contributed by atoms with van der Waals surface area (Å²) in [5.74, 6) is 5.96. The normalized spacial score (nSPS) is 48.9. The van der Waals surface area contributed by atoms with Crippen molar-refractivity contribution in [3.63, 3.8) is 0 Å². The van der Waals surface area contributed by atoms with Gasteiger partial charge >= 0.3 is 0 Å². The fourth-order valence-corrected chi connectivity index (χ4v) is 15.0. The van der Waals surface area contributed by atoms with E-state index in [9.17, 15) is 20.4 Å². The molecule has 57 heavy (non-hydrogen) atoms. The van der Waals surface area contributed by atoms with Crippen LogP contribution in [0, 0.1) is 69.0 Å². The van der Waals surface area contributed by atoms with Crippen LogP contribution in [-0.2, 0) is 9.47 Å². The average Bonchev–Trinajstić information content (AvgIpc) is 3.53. The van der Waals surface area contributed by atoms with Gasteiger partial charge in [0.2, 0.25) is 0 Å². The van der Waals surface area contributed by atoms with Crippen LogP contribution in [0.4, 0.5) is 0 Å². The lowest BCUT2D eigenvalue weighted by Gasteiger charge is -2.59. The number of rotatable bonds is 5. The highest BCUT2D eigenvalue weighted by atomic mass is 16.6. The zero-order valence-electron chi connectivity index (χ0n) is 37.5. The molecule has 8 aliphatic carbocycles. The van der Waals surface area contributed by atoms with Gasteiger partial charge in [0.15, 0.2) is 0 Å². The molecule has 1 heterocycles. The van der Waals surface area contributed by atoms with Crippen molar-refractivity contribution in [2.75, 3.05) is 26.4 Å². The maximum absolute atomic E-state index is 10.6. The molecule has 1 aliphatic heterocycles. The van der Waals surface area contributed by atoms with E-state index in [2.05, 4.69) is 53.7 Å². The molecule has 4 N–H and O–H groups in total. The van der Waals surface area contributed by atoms with Crippen molar-refractivity contribution in [1.29, 1.82) is 0 Å². The summed E-state index contributed by atoms with van der Waals surface area (Å²) in [6.07, 6.45) is 23.8. The molecule has 0 bridgehead atoms. The van der Waals surface area contributed by atoms with E-state index < -0.39 is 16.8 Å². The van der Waals surface area contributed by atoms with Gasteiger partial charge in [0.05, 0.1) is 42.2 Å². The first kappa shape index (κ1) is 45.8. The summed E-state index contributed by atoms with van der Waals surface area (Å²) in [7, 11) is 0. The molecule has 9 aliphatic rings. The monoisotopic (exact) mass is 797 g/mol. The van der Waals surface area contributed by atoms with Crippen LogP contribution >= 0.6 is 0 Å². The smallest absolute Gasteiger partial charge is 0.0860 e. The Morgan fingerprint density at radius 2 is 1.07 bits per heavy atom. The van der Waals surface area contributed by atoms with E-state index in [0.717, 1.165) is 87.2 Å². The van der Waals surface area contributed by atoms with E-state index in [-0.39, 0.29) is 13.0 Å². The molecule has 14 atom stereocenters. The highest BCUT2D eigenvalue weighted by molar-refractivity contribution is 5.28. The number of allylic oxidation sites excluding steroid dienone is 2. The second-order valence-corrected chi connectivity index (χ2v) is 24.1. The molecule has 0 aromatic heterocycles. The van der Waals surface area contributed by atoms with E-state index in [1.807, 2.05) is 27.7 Å². The zero-order chi connectivity index (χ0) is 40.7. The van der Waals surface area contributed by atoms with E-state index in [0.29, 0.717) is 46.7 Å². The van der Waals surface area contributed by atoms with Crippen molar-refractivity contribution < 1.29 is 29.9 Å². The minimum atomic E-state index is -0.738. The molecule has 0 spiro atoms. The third-order valence-electron chi connectivity index (χ3n) is 18.9. The lowest BCUT2D eigenvalue weighted by Crippen LogP contribution is -2.52. The predicted molar refractivity (Wildman–Crippen MR) is 233 cm³/mol. The Hall–Kier alpha value is -0.760. The molecule has 0 unspecified atom stereocenters. The van der Waals surface area contributed by atoms with Gasteiger partial charge in [-0.1, -0.05) is 58.4 Å². The number of epoxide rings is 1. The quantitative estimate of drug-likeness (QED) is 0.163. The minimum absolute atomic E-state index is 0. The molecule has 0 aromatic rings. The Bertz CT molecular complexity index is 1480. The second kappa shape index (κ2) is 15.9. The molecule has 0 radical (unpaired) electrons. The van der Waals surface area contributed by atoms with Crippen LogP contribution in [0.15, 0.2) is 23.3 Å². The highest BCUT2D eigenvalue weighted by Crippen LogP contribution is 2.68. The summed E-state index contributed by atoms with van der Waals surface area (Å²) in [5.41, 5.74) is 3.02. The molecule has 0 amide bonds. The van der Waals surface area contributed by atoms with E-state index in [4.69, 9.17) is 9.47 Å². The first-order chi connectivity index (χ1) is 26.0. The lowest BCUT2D eigenvalue weighted by atomic mass is 9.47. The standard InChI is InChI=1S/C25H42O3.C21H34O2.C4H8O.CH4/c1-22(2,26)16-28-15-18-7-9-20-19-8-6-17-14-23(3,27)12-13-25(17,5)21(19)10-11-24(18,20)4;1-19(23)10-11-21(3)14(12-19)4-6-16-17-7-5-15(13-22)20(17,2)9-8-18(16)21;1-4(2)3-5-4;/h6,18-21,26-27H,7-16H2,1-5H3;4,15-18,22-23H,5-13H2,1-3H3;3H2,1-2H3;1H4/t18-,19+,20+,21+,23+,24-,25+;15-,16+,17+,18+,19+,20-,21+;;/m11../s1. The van der Waals surface area contributed by atoms with Crippen LogP contribution < -0.4 is 0 Å². The maximum Gasteiger partial charge on any atom is 0.0860 e. The number of hydrogen-bond donors (Lipinski definition) is 4. The van der Waals surface area contributed by atoms with Crippen molar-refractivity contribution in [3.8, 4) is 0 Å². The number of ether oxygens (including phenoxy) is 2. The highest BCUT2D eigenvalue weighted by Gasteiger charge is 2.60. The lowest BCUT2D eigenvalue weighted by molar-refractivity contribution is -0.0831. The Kier molecular flexibility index (Phi) is 12.7. The maximum atomic E-state index is 10.6. The van der Waals surface area contributed by atoms with Gasteiger partial charge < -0.3 is 29.9 Å². The van der Waals surface area contributed by atoms with Crippen molar-refractivity contribution in [2.45, 2.75) is 202 Å². The number of fused-ring (bicyclic) bond motifs is 10. The molecule has 0 aromatic carbocycles. The van der Waals surface area contributed by atoms with Gasteiger partial charge in [-0.25, -0.2) is 0 Å². The van der Waals surface area contributed by atoms with Gasteiger partial charge in [0, 0.05) is 6.61 Å². The average molecular weight is 797 g/mol. The third kappa shape index (κ3) is 8.82. The molecular formula is C51H88O6. The summed E-state index contributed by atoms with van der Waals surface area (Å²) in [5, 5.41) is 40.9. The Morgan fingerprint density at radius 3 is 1.47 bits per heavy atom. The topological polar surface area (TPSA) is 103 Å². The molecule has 9 rings (SSSR count). The van der Waals surface area contributed by atoms with Crippen LogP contribution in [-0.4, -0.2) is 69.3 Å². The van der Waals surface area contributed by atoms with Crippen LogP contribution in [0.3, 0.4) is 0 Å². The molecule has 6 heteroatoms. The Labute approximate surface area is 349 Å². The van der Waals surface area contributed by atoms with Crippen LogP contribution in [0.5, 0.6) is 0 Å². The molecular weight excluding hydrogens is 709 g/mol. The second-order valence-electron chi connectivity index (χ2n) is 24.1. The molecule has 6 nitrogen and oxygen atoms in total. The van der Waals surface area contributed by atoms with Gasteiger partial charge in [-0.15, -0.1) is 0 Å². The summed E-state index contributed by atoms with van der Waals surface area (Å²) in [4.78, 5) is 0. The van der Waals surface area contributed by atoms with Crippen LogP contribution in [0.25, 0.3) is 0 Å². The minimum Gasteiger partial charge on any atom is -0.396 e. The molecule has 1 saturated heterocycles. The fraction of sp³-hybridized carbons (Fsp3) is 0.922. The van der Waals surface area contributed by atoms with Crippen molar-refractivity contribution in [1.82, 2.24) is 0 Å². The summed E-state index contributed by atoms with van der Waals surface area (Å²) >= 11 is 0. The third-order valence-corrected chi connectivity index (χ3v) is 18.9. The fourth-order valence-electron chi connectivity index (χ4n) is 15.0. The van der Waals surface area contributed by atoms with Crippen LogP contribution in [0.2, 0.25) is 0 Å². The van der Waals surface area contributed by atoms with Crippen molar-refractivity contribution >= 4 is 0 Å². The first-order valence-corrected chi connectivity index (χ1v) is 23.3. The van der Waals surface area contributed by atoms with Crippen molar-refractivity contribution in [2.24, 2.45) is 69.0 Å². The molecule has 7 fully saturated rings. The Balaban J connectivity index is 0.000000171. The summed E-state index contributed by atoms with van der Waals surface area (Å²) in [6.45, 7) is 24.4. The number of hydrogen-bond acceptors (Lipinski definition) is 6.